The Labute approximate surface area is 263 Å². The van der Waals surface area contributed by atoms with Crippen molar-refractivity contribution in [1.29, 1.82) is 0 Å². The number of phenols is 1. The third-order valence-corrected chi connectivity index (χ3v) is 11.9. The van der Waals surface area contributed by atoms with Crippen LogP contribution >= 0.6 is 0 Å². The van der Waals surface area contributed by atoms with Gasteiger partial charge in [-0.25, -0.2) is 21.6 Å². The molecule has 0 amide bonds. The number of alkyl halides is 1. The molecule has 6 heterocycles. The molecule has 4 aliphatic heterocycles. The van der Waals surface area contributed by atoms with Gasteiger partial charge in [0.15, 0.2) is 15.7 Å². The van der Waals surface area contributed by atoms with Crippen LogP contribution in [-0.4, -0.2) is 88.4 Å². The molecule has 2 aromatic carbocycles. The standard InChI is InChI=1S/C33H30F3N5O4S/c1-2-23-26(35)7-4-18-10-22(42)11-24(27(18)23)29-28(36)30-25(13-37-29)31(41-20-5-6-21(41)16-46(43,44)15-20)39-32(38-30)45-17-33-8-3-9-40(33)14-19(34)12-33/h1,4,7,10-11,13,19-21,42H,3,5-6,8-9,12,14-17H2/t19-,20?,21?,33+/m1/s1. The van der Waals surface area contributed by atoms with Crippen LogP contribution in [0.1, 0.15) is 37.7 Å². The molecular weight excluding hydrogens is 619 g/mol. The van der Waals surface area contributed by atoms with Crippen LogP contribution in [0.25, 0.3) is 32.9 Å². The number of terminal acetylenes is 1. The van der Waals surface area contributed by atoms with Crippen LogP contribution in [-0.2, 0) is 9.84 Å². The molecule has 13 heteroatoms. The Morgan fingerprint density at radius 1 is 1.15 bits per heavy atom. The molecule has 9 nitrogen and oxygen atoms in total. The van der Waals surface area contributed by atoms with Crippen molar-refractivity contribution in [2.24, 2.45) is 0 Å². The van der Waals surface area contributed by atoms with Gasteiger partial charge in [-0.3, -0.25) is 9.88 Å². The molecule has 1 N–H and O–H groups in total. The van der Waals surface area contributed by atoms with E-state index in [1.165, 1.54) is 30.5 Å². The van der Waals surface area contributed by atoms with Crippen molar-refractivity contribution >= 4 is 37.3 Å². The van der Waals surface area contributed by atoms with E-state index in [-0.39, 0.29) is 75.1 Å². The highest BCUT2D eigenvalue weighted by Crippen LogP contribution is 2.43. The number of anilines is 1. The van der Waals surface area contributed by atoms with Crippen LogP contribution in [0.15, 0.2) is 30.5 Å². The lowest BCUT2D eigenvalue weighted by Crippen LogP contribution is -2.49. The molecule has 2 aromatic heterocycles. The highest BCUT2D eigenvalue weighted by atomic mass is 32.2. The second-order valence-electron chi connectivity index (χ2n) is 12.9. The summed E-state index contributed by atoms with van der Waals surface area (Å²) < 4.78 is 77.5. The number of aromatic nitrogens is 3. The molecule has 0 saturated carbocycles. The van der Waals surface area contributed by atoms with E-state index in [9.17, 15) is 22.3 Å². The SMILES string of the molecule is C#Cc1c(F)ccc2cc(O)cc(-c3ncc4c(N5C6CCC5CS(=O)(=O)C6)nc(OC[C@@]56CCCN5C[C@H](F)C6)nc4c3F)c12. The number of pyridine rings is 1. The van der Waals surface area contributed by atoms with Crippen molar-refractivity contribution in [3.63, 3.8) is 0 Å². The Bertz CT molecular complexity index is 2070. The highest BCUT2D eigenvalue weighted by molar-refractivity contribution is 7.91. The average Bonchev–Trinajstić information content (AvgIpc) is 3.63. The smallest absolute Gasteiger partial charge is 0.319 e. The van der Waals surface area contributed by atoms with E-state index >= 15 is 4.39 Å². The minimum Gasteiger partial charge on any atom is -0.508 e. The minimum absolute atomic E-state index is 0.0507. The summed E-state index contributed by atoms with van der Waals surface area (Å²) in [5.74, 6) is 0.803. The van der Waals surface area contributed by atoms with Crippen molar-refractivity contribution in [2.75, 3.05) is 36.1 Å². The monoisotopic (exact) mass is 649 g/mol. The molecule has 0 spiro atoms. The lowest BCUT2D eigenvalue weighted by atomic mass is 9.95. The second-order valence-corrected chi connectivity index (χ2v) is 15.1. The molecule has 0 radical (unpaired) electrons. The molecule has 2 unspecified atom stereocenters. The van der Waals surface area contributed by atoms with Crippen molar-refractivity contribution in [2.45, 2.75) is 55.9 Å². The number of sulfone groups is 1. The van der Waals surface area contributed by atoms with E-state index in [4.69, 9.17) is 16.1 Å². The van der Waals surface area contributed by atoms with Crippen molar-refractivity contribution in [1.82, 2.24) is 19.9 Å². The molecule has 2 bridgehead atoms. The third kappa shape index (κ3) is 4.56. The first-order chi connectivity index (χ1) is 22.1. The molecule has 8 rings (SSSR count). The zero-order valence-electron chi connectivity index (χ0n) is 24.7. The number of halogens is 3. The van der Waals surface area contributed by atoms with Crippen molar-refractivity contribution < 1.29 is 31.4 Å². The van der Waals surface area contributed by atoms with Gasteiger partial charge in [-0.05, 0) is 55.8 Å². The van der Waals surface area contributed by atoms with E-state index in [2.05, 4.69) is 20.8 Å². The minimum atomic E-state index is -3.26. The average molecular weight is 650 g/mol. The normalized spacial score (nSPS) is 26.9. The van der Waals surface area contributed by atoms with Gasteiger partial charge in [0, 0.05) is 42.2 Å². The summed E-state index contributed by atoms with van der Waals surface area (Å²) in [6.45, 7) is 1.21. The van der Waals surface area contributed by atoms with Gasteiger partial charge >= 0.3 is 6.01 Å². The topological polar surface area (TPSA) is 109 Å². The Morgan fingerprint density at radius 2 is 1.93 bits per heavy atom. The number of nitrogens with zero attached hydrogens (tertiary/aromatic N) is 5. The van der Waals surface area contributed by atoms with Gasteiger partial charge in [-0.1, -0.05) is 12.0 Å². The summed E-state index contributed by atoms with van der Waals surface area (Å²) in [7, 11) is -3.26. The number of phenolic OH excluding ortho intramolecular Hbond substituents is 1. The fourth-order valence-corrected chi connectivity index (χ4v) is 10.1. The lowest BCUT2D eigenvalue weighted by Gasteiger charge is -2.36. The number of aromatic hydroxyl groups is 1. The maximum Gasteiger partial charge on any atom is 0.319 e. The summed E-state index contributed by atoms with van der Waals surface area (Å²) in [6, 6.07) is 4.46. The third-order valence-electron chi connectivity index (χ3n) is 10.1. The highest BCUT2D eigenvalue weighted by Gasteiger charge is 2.50. The zero-order chi connectivity index (χ0) is 32.0. The predicted octanol–water partition coefficient (Wildman–Crippen LogP) is 4.53. The van der Waals surface area contributed by atoms with Crippen molar-refractivity contribution in [3.8, 4) is 35.4 Å². The first-order valence-corrected chi connectivity index (χ1v) is 17.2. The molecule has 4 fully saturated rings. The Hall–Kier alpha value is -4.15. The van der Waals surface area contributed by atoms with Gasteiger partial charge in [-0.15, -0.1) is 6.42 Å². The van der Waals surface area contributed by atoms with Crippen LogP contribution in [0.2, 0.25) is 0 Å². The van der Waals surface area contributed by atoms with Crippen LogP contribution in [0.4, 0.5) is 19.0 Å². The van der Waals surface area contributed by atoms with Crippen LogP contribution in [0, 0.1) is 24.0 Å². The molecule has 4 aliphatic rings. The summed E-state index contributed by atoms with van der Waals surface area (Å²) in [5, 5.41) is 11.4. The molecule has 238 valence electrons. The van der Waals surface area contributed by atoms with Crippen LogP contribution < -0.4 is 9.64 Å². The summed E-state index contributed by atoms with van der Waals surface area (Å²) >= 11 is 0. The van der Waals surface area contributed by atoms with Crippen LogP contribution in [0.5, 0.6) is 11.8 Å². The Morgan fingerprint density at radius 3 is 2.70 bits per heavy atom. The van der Waals surface area contributed by atoms with E-state index in [0.29, 0.717) is 37.0 Å². The predicted molar refractivity (Wildman–Crippen MR) is 166 cm³/mol. The van der Waals surface area contributed by atoms with E-state index in [1.54, 1.807) is 0 Å². The molecule has 46 heavy (non-hydrogen) atoms. The van der Waals surface area contributed by atoms with Gasteiger partial charge in [0.05, 0.1) is 28.0 Å². The summed E-state index contributed by atoms with van der Waals surface area (Å²) in [4.78, 5) is 17.6. The lowest BCUT2D eigenvalue weighted by molar-refractivity contribution is 0.107. The quantitative estimate of drug-likeness (QED) is 0.312. The Kier molecular flexibility index (Phi) is 6.64. The fourth-order valence-electron chi connectivity index (χ4n) is 8.16. The van der Waals surface area contributed by atoms with E-state index in [1.807, 2.05) is 4.90 Å². The number of fused-ring (bicyclic) bond motifs is 5. The van der Waals surface area contributed by atoms with E-state index in [0.717, 1.165) is 19.4 Å². The molecule has 0 aliphatic carbocycles. The summed E-state index contributed by atoms with van der Waals surface area (Å²) in [6.07, 6.45) is 9.34. The first-order valence-electron chi connectivity index (χ1n) is 15.3. The van der Waals surface area contributed by atoms with Gasteiger partial charge in [0.25, 0.3) is 0 Å². The largest absolute Gasteiger partial charge is 0.508 e. The zero-order valence-corrected chi connectivity index (χ0v) is 25.5. The van der Waals surface area contributed by atoms with Gasteiger partial charge in [-0.2, -0.15) is 9.97 Å². The van der Waals surface area contributed by atoms with Crippen LogP contribution in [0.3, 0.4) is 0 Å². The maximum atomic E-state index is 16.8. The summed E-state index contributed by atoms with van der Waals surface area (Å²) in [5.41, 5.74) is -0.881. The first kappa shape index (κ1) is 29.3. The van der Waals surface area contributed by atoms with Gasteiger partial charge < -0.3 is 14.7 Å². The Balaban J connectivity index is 1.30. The van der Waals surface area contributed by atoms with Gasteiger partial charge in [0.2, 0.25) is 0 Å². The molecule has 4 aromatic rings. The molecular formula is C33H30F3N5O4S. The number of hydrogen-bond acceptors (Lipinski definition) is 9. The maximum absolute atomic E-state index is 16.8. The molecule has 4 atom stereocenters. The second kappa shape index (κ2) is 10.4. The number of benzene rings is 2. The number of rotatable bonds is 5. The van der Waals surface area contributed by atoms with Crippen molar-refractivity contribution in [3.05, 3.63) is 47.7 Å². The number of ether oxygens (including phenoxy) is 1. The van der Waals surface area contributed by atoms with E-state index < -0.39 is 33.2 Å². The van der Waals surface area contributed by atoms with Gasteiger partial charge in [0.1, 0.15) is 41.4 Å². The molecule has 4 saturated heterocycles. The number of hydrogen-bond donors (Lipinski definition) is 1. The fraction of sp³-hybridized carbons (Fsp3) is 0.424.